The van der Waals surface area contributed by atoms with Crippen molar-refractivity contribution in [3.05, 3.63) is 65.7 Å². The monoisotopic (exact) mass is 459 g/mol. The summed E-state index contributed by atoms with van der Waals surface area (Å²) < 4.78 is 0. The van der Waals surface area contributed by atoms with Crippen molar-refractivity contribution < 1.29 is 5.11 Å². The summed E-state index contributed by atoms with van der Waals surface area (Å²) in [5, 5.41) is 16.3. The Balaban J connectivity index is 1.27. The second-order valence-electron chi connectivity index (χ2n) is 9.23. The van der Waals surface area contributed by atoms with Gasteiger partial charge in [0.2, 0.25) is 17.8 Å². The van der Waals surface area contributed by atoms with E-state index in [1.807, 2.05) is 12.1 Å². The average molecular weight is 460 g/mol. The first-order chi connectivity index (χ1) is 16.7. The second kappa shape index (κ2) is 10.3. The number of hydrogen-bond donors (Lipinski definition) is 3. The Kier molecular flexibility index (Phi) is 6.76. The topological polar surface area (TPSA) is 89.4 Å². The maximum Gasteiger partial charge on any atom is 0.232 e. The molecule has 0 radical (unpaired) electrons. The molecule has 1 aromatic heterocycles. The van der Waals surface area contributed by atoms with Crippen LogP contribution >= 0.6 is 0 Å². The van der Waals surface area contributed by atoms with Gasteiger partial charge in [0.05, 0.1) is 0 Å². The minimum Gasteiger partial charge on any atom is -0.508 e. The maximum absolute atomic E-state index is 9.49. The lowest BCUT2D eigenvalue weighted by Crippen LogP contribution is -2.44. The van der Waals surface area contributed by atoms with Crippen molar-refractivity contribution in [2.24, 2.45) is 5.92 Å². The van der Waals surface area contributed by atoms with Gasteiger partial charge in [-0.05, 0) is 47.9 Å². The Morgan fingerprint density at radius 2 is 1.79 bits per heavy atom. The minimum absolute atomic E-state index is 0.285. The SMILES string of the molecule is CN(C[C@H]1C[C@H]1c1ccccc1)c1nc(NCCc2ccc(O)cc2)nc(N2CCNCC2)n1. The third kappa shape index (κ3) is 5.56. The highest BCUT2D eigenvalue weighted by Crippen LogP contribution is 2.47. The zero-order valence-corrected chi connectivity index (χ0v) is 19.7. The quantitative estimate of drug-likeness (QED) is 0.450. The molecule has 34 heavy (non-hydrogen) atoms. The van der Waals surface area contributed by atoms with Gasteiger partial charge in [0.1, 0.15) is 5.75 Å². The minimum atomic E-state index is 0.285. The molecule has 2 aromatic carbocycles. The first-order valence-corrected chi connectivity index (χ1v) is 12.2. The Morgan fingerprint density at radius 3 is 2.56 bits per heavy atom. The van der Waals surface area contributed by atoms with Crippen LogP contribution < -0.4 is 20.4 Å². The van der Waals surface area contributed by atoms with Crippen LogP contribution in [0.2, 0.25) is 0 Å². The summed E-state index contributed by atoms with van der Waals surface area (Å²) in [5.74, 6) is 3.60. The van der Waals surface area contributed by atoms with Crippen molar-refractivity contribution in [1.82, 2.24) is 20.3 Å². The third-order valence-corrected chi connectivity index (χ3v) is 6.64. The summed E-state index contributed by atoms with van der Waals surface area (Å²) in [4.78, 5) is 18.7. The highest BCUT2D eigenvalue weighted by atomic mass is 16.3. The Morgan fingerprint density at radius 1 is 1.03 bits per heavy atom. The predicted octanol–water partition coefficient (Wildman–Crippen LogP) is 2.88. The molecule has 2 aliphatic rings. The van der Waals surface area contributed by atoms with E-state index in [0.29, 0.717) is 24.3 Å². The molecule has 3 N–H and O–H groups in total. The molecule has 1 saturated carbocycles. The molecule has 0 bridgehead atoms. The third-order valence-electron chi connectivity index (χ3n) is 6.64. The summed E-state index contributed by atoms with van der Waals surface area (Å²) >= 11 is 0. The van der Waals surface area contributed by atoms with E-state index in [0.717, 1.165) is 56.6 Å². The van der Waals surface area contributed by atoms with E-state index in [1.165, 1.54) is 12.0 Å². The fourth-order valence-corrected chi connectivity index (χ4v) is 4.58. The van der Waals surface area contributed by atoms with E-state index in [2.05, 4.69) is 57.8 Å². The van der Waals surface area contributed by atoms with Gasteiger partial charge in [-0.25, -0.2) is 0 Å². The van der Waals surface area contributed by atoms with Gasteiger partial charge >= 0.3 is 0 Å². The maximum atomic E-state index is 9.49. The molecule has 2 heterocycles. The van der Waals surface area contributed by atoms with Crippen LogP contribution in [-0.2, 0) is 6.42 Å². The number of benzene rings is 2. The van der Waals surface area contributed by atoms with E-state index in [9.17, 15) is 5.11 Å². The lowest BCUT2D eigenvalue weighted by atomic mass is 10.1. The summed E-state index contributed by atoms with van der Waals surface area (Å²) in [5.41, 5.74) is 2.58. The Hall–Kier alpha value is -3.39. The molecule has 0 unspecified atom stereocenters. The van der Waals surface area contributed by atoms with E-state index in [-0.39, 0.29) is 5.75 Å². The molecule has 2 fully saturated rings. The van der Waals surface area contributed by atoms with Crippen LogP contribution in [0.1, 0.15) is 23.5 Å². The molecule has 3 aromatic rings. The van der Waals surface area contributed by atoms with Gasteiger partial charge in [-0.15, -0.1) is 0 Å². The first kappa shape index (κ1) is 22.4. The van der Waals surface area contributed by atoms with Gasteiger partial charge in [-0.3, -0.25) is 0 Å². The second-order valence-corrected chi connectivity index (χ2v) is 9.23. The lowest BCUT2D eigenvalue weighted by Gasteiger charge is -2.28. The fourth-order valence-electron chi connectivity index (χ4n) is 4.58. The average Bonchev–Trinajstić information content (AvgIpc) is 3.65. The molecule has 1 aliphatic heterocycles. The summed E-state index contributed by atoms with van der Waals surface area (Å²) in [6.45, 7) is 5.27. The van der Waals surface area contributed by atoms with Gasteiger partial charge < -0.3 is 25.5 Å². The predicted molar refractivity (Wildman–Crippen MR) is 136 cm³/mol. The van der Waals surface area contributed by atoms with Crippen LogP contribution in [-0.4, -0.2) is 66.4 Å². The van der Waals surface area contributed by atoms with Crippen LogP contribution in [0.3, 0.4) is 0 Å². The number of phenolic OH excluding ortho intramolecular Hbond substituents is 1. The van der Waals surface area contributed by atoms with Gasteiger partial charge in [0, 0.05) is 46.3 Å². The highest BCUT2D eigenvalue weighted by Gasteiger charge is 2.39. The number of anilines is 3. The van der Waals surface area contributed by atoms with Crippen molar-refractivity contribution in [3.8, 4) is 5.75 Å². The smallest absolute Gasteiger partial charge is 0.232 e. The number of rotatable bonds is 9. The number of piperazine rings is 1. The zero-order chi connectivity index (χ0) is 23.3. The molecule has 5 rings (SSSR count). The largest absolute Gasteiger partial charge is 0.508 e. The fraction of sp³-hybridized carbons (Fsp3) is 0.423. The van der Waals surface area contributed by atoms with Gasteiger partial charge in [0.25, 0.3) is 0 Å². The summed E-state index contributed by atoms with van der Waals surface area (Å²) in [6, 6.07) is 18.1. The van der Waals surface area contributed by atoms with E-state index in [4.69, 9.17) is 15.0 Å². The van der Waals surface area contributed by atoms with E-state index >= 15 is 0 Å². The van der Waals surface area contributed by atoms with E-state index < -0.39 is 0 Å². The molecule has 8 heteroatoms. The van der Waals surface area contributed by atoms with Gasteiger partial charge in [-0.1, -0.05) is 42.5 Å². The molecule has 0 spiro atoms. The van der Waals surface area contributed by atoms with Gasteiger partial charge in [0.15, 0.2) is 0 Å². The van der Waals surface area contributed by atoms with E-state index in [1.54, 1.807) is 12.1 Å². The van der Waals surface area contributed by atoms with Crippen LogP contribution in [0.5, 0.6) is 5.75 Å². The van der Waals surface area contributed by atoms with Crippen molar-refractivity contribution in [1.29, 1.82) is 0 Å². The Labute approximate surface area is 201 Å². The molecule has 1 aliphatic carbocycles. The molecule has 1 saturated heterocycles. The molecule has 0 amide bonds. The molecule has 178 valence electrons. The summed E-state index contributed by atoms with van der Waals surface area (Å²) in [7, 11) is 2.08. The molecular weight excluding hydrogens is 426 g/mol. The molecular formula is C26H33N7O. The standard InChI is InChI=1S/C26H33N7O/c1-32(18-21-17-23(21)20-5-3-2-4-6-20)25-29-24(28-12-11-19-7-9-22(34)10-8-19)30-26(31-25)33-15-13-27-14-16-33/h2-10,21,23,27,34H,11-18H2,1H3,(H,28,29,30,31)/t21-,23+/m1/s1. The number of aromatic hydroxyl groups is 1. The number of hydrogen-bond acceptors (Lipinski definition) is 8. The zero-order valence-electron chi connectivity index (χ0n) is 19.7. The molecule has 8 nitrogen and oxygen atoms in total. The number of aromatic nitrogens is 3. The summed E-state index contributed by atoms with van der Waals surface area (Å²) in [6.07, 6.45) is 2.03. The van der Waals surface area contributed by atoms with Crippen LogP contribution in [0.15, 0.2) is 54.6 Å². The van der Waals surface area contributed by atoms with Gasteiger partial charge in [-0.2, -0.15) is 15.0 Å². The molecule has 2 atom stereocenters. The van der Waals surface area contributed by atoms with Crippen LogP contribution in [0, 0.1) is 5.92 Å². The van der Waals surface area contributed by atoms with Crippen molar-refractivity contribution in [2.45, 2.75) is 18.8 Å². The van der Waals surface area contributed by atoms with Crippen LogP contribution in [0.4, 0.5) is 17.8 Å². The van der Waals surface area contributed by atoms with Crippen molar-refractivity contribution in [3.63, 3.8) is 0 Å². The van der Waals surface area contributed by atoms with Crippen molar-refractivity contribution in [2.75, 3.05) is 61.4 Å². The normalized spacial score (nSPS) is 19.6. The number of nitrogens with zero attached hydrogens (tertiary/aromatic N) is 5. The highest BCUT2D eigenvalue weighted by molar-refractivity contribution is 5.46. The first-order valence-electron chi connectivity index (χ1n) is 12.2. The number of nitrogens with one attached hydrogen (secondary N) is 2. The number of phenols is 1. The van der Waals surface area contributed by atoms with Crippen LogP contribution in [0.25, 0.3) is 0 Å². The Bertz CT molecular complexity index is 1070. The lowest BCUT2D eigenvalue weighted by molar-refractivity contribution is 0.475. The van der Waals surface area contributed by atoms with Crippen molar-refractivity contribution >= 4 is 17.8 Å².